The lowest BCUT2D eigenvalue weighted by Gasteiger charge is -1.96. The van der Waals surface area contributed by atoms with Gasteiger partial charge in [0.15, 0.2) is 0 Å². The van der Waals surface area contributed by atoms with Crippen molar-refractivity contribution in [3.8, 4) is 0 Å². The van der Waals surface area contributed by atoms with Gasteiger partial charge >= 0.3 is 0 Å². The van der Waals surface area contributed by atoms with Gasteiger partial charge in [0.1, 0.15) is 5.15 Å². The van der Waals surface area contributed by atoms with Crippen molar-refractivity contribution in [1.82, 2.24) is 4.98 Å². The number of pyridine rings is 1. The molecular weight excluding hydrogens is 183 g/mol. The second kappa shape index (κ2) is 5.35. The zero-order valence-electron chi connectivity index (χ0n) is 5.96. The molecule has 1 aromatic heterocycles. The summed E-state index contributed by atoms with van der Waals surface area (Å²) in [6.45, 7) is 0.653. The zero-order chi connectivity index (χ0) is 7.40. The molecule has 0 aromatic carbocycles. The van der Waals surface area contributed by atoms with Crippen molar-refractivity contribution in [3.05, 3.63) is 29.0 Å². The van der Waals surface area contributed by atoms with E-state index in [1.54, 1.807) is 6.20 Å². The predicted molar refractivity (Wildman–Crippen MR) is 49.3 cm³/mol. The highest BCUT2D eigenvalue weighted by Gasteiger charge is 1.91. The Morgan fingerprint density at radius 2 is 2.27 bits per heavy atom. The second-order valence-electron chi connectivity index (χ2n) is 2.03. The molecule has 0 saturated heterocycles. The summed E-state index contributed by atoms with van der Waals surface area (Å²) >= 11 is 5.63. The van der Waals surface area contributed by atoms with Crippen molar-refractivity contribution in [3.63, 3.8) is 0 Å². The quantitative estimate of drug-likeness (QED) is 0.725. The van der Waals surface area contributed by atoms with Crippen molar-refractivity contribution < 1.29 is 0 Å². The standard InChI is InChI=1S/C7H9ClN2.ClH/c8-7-5-6(1-3-9)2-4-10-7;/h2,4-5H,1,3,9H2;1H. The number of rotatable bonds is 2. The molecule has 1 heterocycles. The Bertz CT molecular complexity index is 215. The molecule has 0 aliphatic rings. The van der Waals surface area contributed by atoms with Gasteiger partial charge in [0, 0.05) is 6.20 Å². The van der Waals surface area contributed by atoms with Crippen molar-refractivity contribution in [1.29, 1.82) is 0 Å². The minimum Gasteiger partial charge on any atom is -0.330 e. The second-order valence-corrected chi connectivity index (χ2v) is 2.41. The molecule has 0 unspecified atom stereocenters. The first-order chi connectivity index (χ1) is 4.83. The van der Waals surface area contributed by atoms with Gasteiger partial charge in [-0.1, -0.05) is 11.6 Å². The van der Waals surface area contributed by atoms with Crippen molar-refractivity contribution in [2.24, 2.45) is 5.73 Å². The molecule has 1 aromatic rings. The van der Waals surface area contributed by atoms with E-state index in [0.29, 0.717) is 11.7 Å². The molecule has 0 bridgehead atoms. The van der Waals surface area contributed by atoms with Crippen LogP contribution in [0.3, 0.4) is 0 Å². The minimum absolute atomic E-state index is 0. The van der Waals surface area contributed by atoms with E-state index in [2.05, 4.69) is 4.98 Å². The molecule has 0 radical (unpaired) electrons. The van der Waals surface area contributed by atoms with Crippen LogP contribution in [0.1, 0.15) is 5.56 Å². The number of hydrogen-bond donors (Lipinski definition) is 1. The molecule has 11 heavy (non-hydrogen) atoms. The molecule has 0 aliphatic heterocycles. The average molecular weight is 193 g/mol. The van der Waals surface area contributed by atoms with Crippen LogP contribution in [0.15, 0.2) is 18.3 Å². The van der Waals surface area contributed by atoms with Crippen LogP contribution >= 0.6 is 24.0 Å². The lowest BCUT2D eigenvalue weighted by molar-refractivity contribution is 0.964. The molecule has 0 saturated carbocycles. The lowest BCUT2D eigenvalue weighted by atomic mass is 10.2. The van der Waals surface area contributed by atoms with E-state index in [1.807, 2.05) is 12.1 Å². The van der Waals surface area contributed by atoms with Gasteiger partial charge in [0.2, 0.25) is 0 Å². The maximum absolute atomic E-state index is 5.63. The highest BCUT2D eigenvalue weighted by atomic mass is 35.5. The number of aromatic nitrogens is 1. The summed E-state index contributed by atoms with van der Waals surface area (Å²) in [6.07, 6.45) is 2.55. The topological polar surface area (TPSA) is 38.9 Å². The third-order valence-electron chi connectivity index (χ3n) is 1.22. The van der Waals surface area contributed by atoms with Crippen molar-refractivity contribution in [2.45, 2.75) is 6.42 Å². The summed E-state index contributed by atoms with van der Waals surface area (Å²) in [6, 6.07) is 3.74. The third kappa shape index (κ3) is 3.56. The average Bonchev–Trinajstić information content (AvgIpc) is 1.88. The van der Waals surface area contributed by atoms with Gasteiger partial charge in [0.25, 0.3) is 0 Å². The predicted octanol–water partition coefficient (Wildman–Crippen LogP) is 1.66. The molecule has 0 atom stereocenters. The van der Waals surface area contributed by atoms with E-state index < -0.39 is 0 Å². The smallest absolute Gasteiger partial charge is 0.129 e. The van der Waals surface area contributed by atoms with Crippen molar-refractivity contribution in [2.75, 3.05) is 6.54 Å². The molecule has 2 nitrogen and oxygen atoms in total. The Hall–Kier alpha value is -0.310. The van der Waals surface area contributed by atoms with Gasteiger partial charge in [-0.2, -0.15) is 0 Å². The van der Waals surface area contributed by atoms with E-state index in [0.717, 1.165) is 12.0 Å². The van der Waals surface area contributed by atoms with E-state index in [4.69, 9.17) is 17.3 Å². The van der Waals surface area contributed by atoms with Gasteiger partial charge < -0.3 is 5.73 Å². The fraction of sp³-hybridized carbons (Fsp3) is 0.286. The highest BCUT2D eigenvalue weighted by Crippen LogP contribution is 2.06. The maximum atomic E-state index is 5.63. The van der Waals surface area contributed by atoms with Crippen LogP contribution in [0.25, 0.3) is 0 Å². The SMILES string of the molecule is Cl.NCCc1ccnc(Cl)c1. The summed E-state index contributed by atoms with van der Waals surface area (Å²) in [7, 11) is 0. The fourth-order valence-electron chi connectivity index (χ4n) is 0.765. The highest BCUT2D eigenvalue weighted by molar-refractivity contribution is 6.29. The summed E-state index contributed by atoms with van der Waals surface area (Å²) < 4.78 is 0. The van der Waals surface area contributed by atoms with Gasteiger partial charge in [-0.25, -0.2) is 4.98 Å². The van der Waals surface area contributed by atoms with Crippen LogP contribution in [0.4, 0.5) is 0 Å². The molecule has 2 N–H and O–H groups in total. The first-order valence-corrected chi connectivity index (χ1v) is 3.51. The summed E-state index contributed by atoms with van der Waals surface area (Å²) in [5.41, 5.74) is 6.49. The molecule has 0 aliphatic carbocycles. The first kappa shape index (κ1) is 10.7. The fourth-order valence-corrected chi connectivity index (χ4v) is 0.961. The molecule has 0 fully saturated rings. The molecule has 0 spiro atoms. The van der Waals surface area contributed by atoms with E-state index in [1.165, 1.54) is 0 Å². The Labute approximate surface area is 77.2 Å². The Morgan fingerprint density at radius 3 is 2.82 bits per heavy atom. The number of hydrogen-bond acceptors (Lipinski definition) is 2. The number of nitrogens with two attached hydrogens (primary N) is 1. The van der Waals surface area contributed by atoms with Crippen LogP contribution in [0, 0.1) is 0 Å². The summed E-state index contributed by atoms with van der Waals surface area (Å²) in [5.74, 6) is 0. The van der Waals surface area contributed by atoms with E-state index in [-0.39, 0.29) is 12.4 Å². The molecule has 1 rings (SSSR count). The van der Waals surface area contributed by atoms with E-state index >= 15 is 0 Å². The zero-order valence-corrected chi connectivity index (χ0v) is 7.53. The van der Waals surface area contributed by atoms with Gasteiger partial charge in [0.05, 0.1) is 0 Å². The first-order valence-electron chi connectivity index (χ1n) is 3.13. The van der Waals surface area contributed by atoms with Crippen LogP contribution in [0.5, 0.6) is 0 Å². The van der Waals surface area contributed by atoms with Crippen LogP contribution < -0.4 is 5.73 Å². The monoisotopic (exact) mass is 192 g/mol. The van der Waals surface area contributed by atoms with Gasteiger partial charge in [-0.05, 0) is 30.7 Å². The molecular formula is C7H10Cl2N2. The molecule has 62 valence electrons. The largest absolute Gasteiger partial charge is 0.330 e. The molecule has 0 amide bonds. The lowest BCUT2D eigenvalue weighted by Crippen LogP contribution is -2.02. The normalized spacial score (nSPS) is 8.91. The minimum atomic E-state index is 0. The van der Waals surface area contributed by atoms with Gasteiger partial charge in [-0.15, -0.1) is 12.4 Å². The summed E-state index contributed by atoms with van der Waals surface area (Å²) in [4.78, 5) is 3.85. The van der Waals surface area contributed by atoms with Gasteiger partial charge in [-0.3, -0.25) is 0 Å². The Morgan fingerprint density at radius 1 is 1.55 bits per heavy atom. The maximum Gasteiger partial charge on any atom is 0.129 e. The van der Waals surface area contributed by atoms with Crippen LogP contribution in [-0.2, 0) is 6.42 Å². The third-order valence-corrected chi connectivity index (χ3v) is 1.43. The molecule has 4 heteroatoms. The summed E-state index contributed by atoms with van der Waals surface area (Å²) in [5, 5.41) is 0.533. The number of halogens is 2. The van der Waals surface area contributed by atoms with Crippen LogP contribution in [-0.4, -0.2) is 11.5 Å². The Kier molecular flexibility index (Phi) is 5.20. The Balaban J connectivity index is 0.000001000. The van der Waals surface area contributed by atoms with Crippen molar-refractivity contribution >= 4 is 24.0 Å². The van der Waals surface area contributed by atoms with E-state index in [9.17, 15) is 0 Å². The van der Waals surface area contributed by atoms with Crippen LogP contribution in [0.2, 0.25) is 5.15 Å². The number of nitrogens with zero attached hydrogens (tertiary/aromatic N) is 1.